The molecule has 1 aliphatic rings. The van der Waals surface area contributed by atoms with Crippen molar-refractivity contribution < 1.29 is 13.9 Å². The summed E-state index contributed by atoms with van der Waals surface area (Å²) >= 11 is 0. The van der Waals surface area contributed by atoms with Gasteiger partial charge in [0.05, 0.1) is 12.3 Å². The van der Waals surface area contributed by atoms with Crippen molar-refractivity contribution in [1.82, 2.24) is 4.90 Å². The number of anilines is 1. The lowest BCUT2D eigenvalue weighted by molar-refractivity contribution is 0.263. The maximum absolute atomic E-state index is 13.1. The number of para-hydroxylation sites is 2. The number of rotatable bonds is 10. The van der Waals surface area contributed by atoms with Gasteiger partial charge in [0.2, 0.25) is 0 Å². The van der Waals surface area contributed by atoms with Gasteiger partial charge in [-0.2, -0.15) is 0 Å². The van der Waals surface area contributed by atoms with E-state index in [9.17, 15) is 4.39 Å². The maximum atomic E-state index is 13.1. The average molecular weight is 421 g/mol. The Morgan fingerprint density at radius 1 is 0.839 bits per heavy atom. The molecular formula is C26H29FN2O2. The fraction of sp³-hybridized carbons (Fsp3) is 0.308. The van der Waals surface area contributed by atoms with Crippen molar-refractivity contribution in [2.75, 3.05) is 31.6 Å². The van der Waals surface area contributed by atoms with Gasteiger partial charge in [-0.15, -0.1) is 0 Å². The number of nitrogens with zero attached hydrogens (tertiary/aromatic N) is 1. The third kappa shape index (κ3) is 6.46. The van der Waals surface area contributed by atoms with Gasteiger partial charge >= 0.3 is 0 Å². The lowest BCUT2D eigenvalue weighted by Gasteiger charge is -2.15. The largest absolute Gasteiger partial charge is 0.494 e. The maximum Gasteiger partial charge on any atom is 0.150 e. The number of ether oxygens (including phenoxy) is 2. The molecule has 1 N–H and O–H groups in total. The molecule has 0 radical (unpaired) electrons. The highest BCUT2D eigenvalue weighted by Crippen LogP contribution is 2.29. The lowest BCUT2D eigenvalue weighted by atomic mass is 10.2. The summed E-state index contributed by atoms with van der Waals surface area (Å²) in [6, 6.07) is 22.0. The van der Waals surface area contributed by atoms with Gasteiger partial charge in [-0.25, -0.2) is 4.39 Å². The highest BCUT2D eigenvalue weighted by molar-refractivity contribution is 5.57. The van der Waals surface area contributed by atoms with E-state index in [0.717, 1.165) is 36.6 Å². The van der Waals surface area contributed by atoms with Crippen molar-refractivity contribution in [3.63, 3.8) is 0 Å². The van der Waals surface area contributed by atoms with Crippen LogP contribution in [0.3, 0.4) is 0 Å². The van der Waals surface area contributed by atoms with E-state index in [1.165, 1.54) is 38.1 Å². The van der Waals surface area contributed by atoms with E-state index in [2.05, 4.69) is 22.3 Å². The molecule has 3 aromatic rings. The molecule has 162 valence electrons. The predicted octanol–water partition coefficient (Wildman–Crippen LogP) is 6.09. The van der Waals surface area contributed by atoms with Crippen LogP contribution in [-0.2, 0) is 6.54 Å². The van der Waals surface area contributed by atoms with Gasteiger partial charge in [0.1, 0.15) is 17.3 Å². The molecule has 1 saturated heterocycles. The van der Waals surface area contributed by atoms with E-state index in [1.54, 1.807) is 12.1 Å². The summed E-state index contributed by atoms with van der Waals surface area (Å²) in [7, 11) is 0. The van der Waals surface area contributed by atoms with Crippen LogP contribution in [0.4, 0.5) is 10.1 Å². The molecule has 5 heteroatoms. The standard InChI is InChI=1S/C26H29FN2O2/c27-22-10-14-24(15-11-22)31-26-7-2-1-6-25(26)28-20-21-8-12-23(13-9-21)30-19-5-18-29-16-3-4-17-29/h1-2,6-15,28H,3-5,16-20H2. The van der Waals surface area contributed by atoms with E-state index in [1.807, 2.05) is 36.4 Å². The molecule has 0 aromatic heterocycles. The second-order valence-electron chi connectivity index (χ2n) is 7.80. The lowest BCUT2D eigenvalue weighted by Crippen LogP contribution is -2.21. The molecule has 1 fully saturated rings. The summed E-state index contributed by atoms with van der Waals surface area (Å²) in [6.07, 6.45) is 3.73. The van der Waals surface area contributed by atoms with Gasteiger partial charge in [0.25, 0.3) is 0 Å². The van der Waals surface area contributed by atoms with Crippen molar-refractivity contribution in [3.05, 3.63) is 84.2 Å². The normalized spacial score (nSPS) is 13.8. The summed E-state index contributed by atoms with van der Waals surface area (Å²) in [5.41, 5.74) is 2.04. The Morgan fingerprint density at radius 3 is 2.32 bits per heavy atom. The van der Waals surface area contributed by atoms with E-state index in [0.29, 0.717) is 18.0 Å². The molecule has 0 bridgehead atoms. The summed E-state index contributed by atoms with van der Waals surface area (Å²) < 4.78 is 24.9. The highest BCUT2D eigenvalue weighted by Gasteiger charge is 2.10. The molecule has 0 amide bonds. The molecule has 31 heavy (non-hydrogen) atoms. The van der Waals surface area contributed by atoms with Crippen molar-refractivity contribution in [1.29, 1.82) is 0 Å². The van der Waals surface area contributed by atoms with Crippen LogP contribution in [0.2, 0.25) is 0 Å². The molecule has 0 atom stereocenters. The minimum atomic E-state index is -0.280. The van der Waals surface area contributed by atoms with E-state index < -0.39 is 0 Å². The Balaban J connectivity index is 1.25. The Hall–Kier alpha value is -3.05. The Morgan fingerprint density at radius 2 is 1.55 bits per heavy atom. The highest BCUT2D eigenvalue weighted by atomic mass is 19.1. The van der Waals surface area contributed by atoms with Crippen LogP contribution in [0.15, 0.2) is 72.8 Å². The number of hydrogen-bond donors (Lipinski definition) is 1. The molecule has 1 heterocycles. The number of hydrogen-bond acceptors (Lipinski definition) is 4. The van der Waals surface area contributed by atoms with E-state index >= 15 is 0 Å². The minimum Gasteiger partial charge on any atom is -0.494 e. The van der Waals surface area contributed by atoms with Gasteiger partial charge in [0.15, 0.2) is 5.75 Å². The fourth-order valence-corrected chi connectivity index (χ4v) is 3.72. The number of benzene rings is 3. The smallest absolute Gasteiger partial charge is 0.150 e. The van der Waals surface area contributed by atoms with Crippen LogP contribution >= 0.6 is 0 Å². The molecule has 0 aliphatic carbocycles. The summed E-state index contributed by atoms with van der Waals surface area (Å²) in [5.74, 6) is 1.93. The van der Waals surface area contributed by atoms with E-state index in [4.69, 9.17) is 9.47 Å². The van der Waals surface area contributed by atoms with Crippen LogP contribution in [0.1, 0.15) is 24.8 Å². The van der Waals surface area contributed by atoms with Crippen molar-refractivity contribution in [3.8, 4) is 17.2 Å². The minimum absolute atomic E-state index is 0.280. The summed E-state index contributed by atoms with van der Waals surface area (Å²) in [4.78, 5) is 2.51. The Labute approximate surface area is 183 Å². The van der Waals surface area contributed by atoms with Crippen molar-refractivity contribution in [2.45, 2.75) is 25.8 Å². The van der Waals surface area contributed by atoms with Crippen LogP contribution in [0.5, 0.6) is 17.2 Å². The average Bonchev–Trinajstić information content (AvgIpc) is 3.32. The van der Waals surface area contributed by atoms with Crippen LogP contribution in [-0.4, -0.2) is 31.1 Å². The van der Waals surface area contributed by atoms with Crippen LogP contribution in [0, 0.1) is 5.82 Å². The fourth-order valence-electron chi connectivity index (χ4n) is 3.72. The number of halogens is 1. The second-order valence-corrected chi connectivity index (χ2v) is 7.80. The van der Waals surface area contributed by atoms with Gasteiger partial charge in [-0.1, -0.05) is 24.3 Å². The van der Waals surface area contributed by atoms with E-state index in [-0.39, 0.29) is 5.82 Å². The third-order valence-corrected chi connectivity index (χ3v) is 5.42. The SMILES string of the molecule is Fc1ccc(Oc2ccccc2NCc2ccc(OCCCN3CCCC3)cc2)cc1. The summed E-state index contributed by atoms with van der Waals surface area (Å²) in [5, 5.41) is 3.42. The number of nitrogens with one attached hydrogen (secondary N) is 1. The first-order valence-electron chi connectivity index (χ1n) is 11.0. The molecule has 3 aromatic carbocycles. The number of likely N-dealkylation sites (tertiary alicyclic amines) is 1. The molecule has 4 nitrogen and oxygen atoms in total. The first kappa shape index (κ1) is 21.2. The zero-order chi connectivity index (χ0) is 21.3. The van der Waals surface area contributed by atoms with Crippen molar-refractivity contribution in [2.24, 2.45) is 0 Å². The molecule has 0 saturated carbocycles. The molecular weight excluding hydrogens is 391 g/mol. The zero-order valence-electron chi connectivity index (χ0n) is 17.7. The Bertz CT molecular complexity index is 938. The first-order chi connectivity index (χ1) is 15.3. The summed E-state index contributed by atoms with van der Waals surface area (Å²) in [6.45, 7) is 5.02. The predicted molar refractivity (Wildman–Crippen MR) is 122 cm³/mol. The zero-order valence-corrected chi connectivity index (χ0v) is 17.7. The third-order valence-electron chi connectivity index (χ3n) is 5.42. The molecule has 0 unspecified atom stereocenters. The Kier molecular flexibility index (Phi) is 7.40. The quantitative estimate of drug-likeness (QED) is 0.402. The van der Waals surface area contributed by atoms with Gasteiger partial charge in [-0.05, 0) is 86.4 Å². The van der Waals surface area contributed by atoms with Crippen LogP contribution < -0.4 is 14.8 Å². The first-order valence-corrected chi connectivity index (χ1v) is 11.0. The van der Waals surface area contributed by atoms with Gasteiger partial charge < -0.3 is 19.7 Å². The molecule has 4 rings (SSSR count). The molecule has 0 spiro atoms. The monoisotopic (exact) mass is 420 g/mol. The molecule has 1 aliphatic heterocycles. The van der Waals surface area contributed by atoms with Gasteiger partial charge in [0, 0.05) is 13.1 Å². The van der Waals surface area contributed by atoms with Gasteiger partial charge in [-0.3, -0.25) is 0 Å². The van der Waals surface area contributed by atoms with Crippen molar-refractivity contribution >= 4 is 5.69 Å². The second kappa shape index (κ2) is 10.8. The van der Waals surface area contributed by atoms with Crippen LogP contribution in [0.25, 0.3) is 0 Å². The topological polar surface area (TPSA) is 33.7 Å².